The number of rotatable bonds is 6. The van der Waals surface area contributed by atoms with Crippen LogP contribution in [0.4, 0.5) is 4.39 Å². The summed E-state index contributed by atoms with van der Waals surface area (Å²) in [4.78, 5) is 11.5. The summed E-state index contributed by atoms with van der Waals surface area (Å²) in [6.45, 7) is 0.242. The van der Waals surface area contributed by atoms with Crippen molar-refractivity contribution < 1.29 is 18.3 Å². The van der Waals surface area contributed by atoms with E-state index >= 15 is 0 Å². The van der Waals surface area contributed by atoms with Crippen LogP contribution in [-0.4, -0.2) is 19.1 Å². The van der Waals surface area contributed by atoms with Gasteiger partial charge in [-0.3, -0.25) is 4.79 Å². The van der Waals surface area contributed by atoms with Crippen LogP contribution in [0.3, 0.4) is 0 Å². The van der Waals surface area contributed by atoms with Crippen LogP contribution >= 0.6 is 0 Å². The lowest BCUT2D eigenvalue weighted by atomic mass is 10.3. The predicted octanol–water partition coefficient (Wildman–Crippen LogP) is 2.16. The molecule has 1 aromatic heterocycles. The summed E-state index contributed by atoms with van der Waals surface area (Å²) in [6, 6.07) is 9.59. The lowest BCUT2D eigenvalue weighted by Crippen LogP contribution is -2.30. The van der Waals surface area contributed by atoms with Gasteiger partial charge in [0.25, 0.3) is 5.91 Å². The molecule has 19 heavy (non-hydrogen) atoms. The summed E-state index contributed by atoms with van der Waals surface area (Å²) in [7, 11) is 0. The van der Waals surface area contributed by atoms with Crippen molar-refractivity contribution in [2.45, 2.75) is 6.42 Å². The van der Waals surface area contributed by atoms with Gasteiger partial charge < -0.3 is 14.5 Å². The fraction of sp³-hybridized carbons (Fsp3) is 0.214. The number of ether oxygens (including phenoxy) is 1. The monoisotopic (exact) mass is 263 g/mol. The summed E-state index contributed by atoms with van der Waals surface area (Å²) in [6.07, 6.45) is 2.19. The van der Waals surface area contributed by atoms with E-state index in [9.17, 15) is 9.18 Å². The molecular formula is C14H14FNO3. The molecule has 0 unspecified atom stereocenters. The van der Waals surface area contributed by atoms with Crippen molar-refractivity contribution in [2.75, 3.05) is 13.2 Å². The molecule has 0 aliphatic rings. The van der Waals surface area contributed by atoms with Gasteiger partial charge in [0.15, 0.2) is 18.2 Å². The van der Waals surface area contributed by atoms with Gasteiger partial charge in [0.1, 0.15) is 5.76 Å². The van der Waals surface area contributed by atoms with E-state index in [-0.39, 0.29) is 18.3 Å². The van der Waals surface area contributed by atoms with Crippen molar-refractivity contribution in [1.29, 1.82) is 0 Å². The van der Waals surface area contributed by atoms with E-state index in [0.29, 0.717) is 13.0 Å². The van der Waals surface area contributed by atoms with Gasteiger partial charge in [-0.25, -0.2) is 4.39 Å². The Balaban J connectivity index is 1.69. The second-order valence-corrected chi connectivity index (χ2v) is 3.90. The third-order valence-electron chi connectivity index (χ3n) is 2.47. The Bertz CT molecular complexity index is 525. The SMILES string of the molecule is O=C(COc1ccccc1F)NCCc1ccco1. The van der Waals surface area contributed by atoms with Gasteiger partial charge in [-0.15, -0.1) is 0 Å². The Labute approximate surface area is 110 Å². The minimum Gasteiger partial charge on any atom is -0.481 e. The molecule has 0 atom stereocenters. The first-order valence-electron chi connectivity index (χ1n) is 5.92. The van der Waals surface area contributed by atoms with Crippen molar-refractivity contribution in [1.82, 2.24) is 5.32 Å². The van der Waals surface area contributed by atoms with E-state index in [2.05, 4.69) is 5.32 Å². The normalized spacial score (nSPS) is 10.2. The standard InChI is InChI=1S/C14H14FNO3/c15-12-5-1-2-6-13(12)19-10-14(17)16-8-7-11-4-3-9-18-11/h1-6,9H,7-8,10H2,(H,16,17). The van der Waals surface area contributed by atoms with E-state index < -0.39 is 5.82 Å². The Morgan fingerprint density at radius 1 is 1.26 bits per heavy atom. The van der Waals surface area contributed by atoms with Crippen molar-refractivity contribution >= 4 is 5.91 Å². The number of halogens is 1. The maximum absolute atomic E-state index is 13.2. The molecule has 1 aromatic carbocycles. The maximum atomic E-state index is 13.2. The van der Waals surface area contributed by atoms with Crippen molar-refractivity contribution in [3.63, 3.8) is 0 Å². The zero-order valence-electron chi connectivity index (χ0n) is 10.3. The third-order valence-corrected chi connectivity index (χ3v) is 2.47. The summed E-state index contributed by atoms with van der Waals surface area (Å²) in [5.74, 6) is 0.0969. The quantitative estimate of drug-likeness (QED) is 0.868. The van der Waals surface area contributed by atoms with Crippen LogP contribution in [0, 0.1) is 5.82 Å². The largest absolute Gasteiger partial charge is 0.481 e. The first-order chi connectivity index (χ1) is 9.25. The molecule has 0 radical (unpaired) electrons. The molecule has 0 aliphatic heterocycles. The van der Waals surface area contributed by atoms with E-state index in [1.807, 2.05) is 6.07 Å². The number of carbonyl (C=O) groups excluding carboxylic acids is 1. The van der Waals surface area contributed by atoms with Gasteiger partial charge in [0.05, 0.1) is 6.26 Å². The van der Waals surface area contributed by atoms with Gasteiger partial charge in [-0.1, -0.05) is 12.1 Å². The fourth-order valence-electron chi connectivity index (χ4n) is 1.54. The number of hydrogen-bond acceptors (Lipinski definition) is 3. The number of amides is 1. The molecule has 0 saturated heterocycles. The van der Waals surface area contributed by atoms with E-state index in [1.54, 1.807) is 24.5 Å². The number of carbonyl (C=O) groups is 1. The van der Waals surface area contributed by atoms with Gasteiger partial charge in [-0.05, 0) is 24.3 Å². The number of furan rings is 1. The second kappa shape index (κ2) is 6.58. The molecule has 0 fully saturated rings. The number of hydrogen-bond donors (Lipinski definition) is 1. The van der Waals surface area contributed by atoms with Crippen molar-refractivity contribution in [2.24, 2.45) is 0 Å². The first kappa shape index (κ1) is 13.1. The lowest BCUT2D eigenvalue weighted by Gasteiger charge is -2.07. The van der Waals surface area contributed by atoms with Gasteiger partial charge in [0.2, 0.25) is 0 Å². The van der Waals surface area contributed by atoms with Gasteiger partial charge in [-0.2, -0.15) is 0 Å². The Morgan fingerprint density at radius 3 is 2.84 bits per heavy atom. The minimum absolute atomic E-state index is 0.0729. The zero-order chi connectivity index (χ0) is 13.5. The van der Waals surface area contributed by atoms with Crippen LogP contribution in [0.5, 0.6) is 5.75 Å². The number of benzene rings is 1. The molecule has 1 N–H and O–H groups in total. The van der Waals surface area contributed by atoms with E-state index in [1.165, 1.54) is 12.1 Å². The summed E-state index contributed by atoms with van der Waals surface area (Å²) in [5.41, 5.74) is 0. The zero-order valence-corrected chi connectivity index (χ0v) is 10.3. The van der Waals surface area contributed by atoms with Gasteiger partial charge >= 0.3 is 0 Å². The molecule has 2 aromatic rings. The molecule has 100 valence electrons. The Morgan fingerprint density at radius 2 is 2.11 bits per heavy atom. The average Bonchev–Trinajstić information content (AvgIpc) is 2.91. The topological polar surface area (TPSA) is 51.5 Å². The highest BCUT2D eigenvalue weighted by molar-refractivity contribution is 5.77. The first-order valence-corrected chi connectivity index (χ1v) is 5.92. The smallest absolute Gasteiger partial charge is 0.257 e. The van der Waals surface area contributed by atoms with Gasteiger partial charge in [0, 0.05) is 13.0 Å². The van der Waals surface area contributed by atoms with E-state index in [0.717, 1.165) is 5.76 Å². The average molecular weight is 263 g/mol. The van der Waals surface area contributed by atoms with Crippen molar-refractivity contribution in [3.8, 4) is 5.75 Å². The predicted molar refractivity (Wildman–Crippen MR) is 67.3 cm³/mol. The third kappa shape index (κ3) is 4.13. The fourth-order valence-corrected chi connectivity index (χ4v) is 1.54. The highest BCUT2D eigenvalue weighted by Gasteiger charge is 2.06. The second-order valence-electron chi connectivity index (χ2n) is 3.90. The summed E-state index contributed by atoms with van der Waals surface area (Å²) < 4.78 is 23.4. The summed E-state index contributed by atoms with van der Waals surface area (Å²) in [5, 5.41) is 2.66. The molecular weight excluding hydrogens is 249 g/mol. The Hall–Kier alpha value is -2.30. The van der Waals surface area contributed by atoms with Crippen LogP contribution < -0.4 is 10.1 Å². The number of nitrogens with one attached hydrogen (secondary N) is 1. The number of para-hydroxylation sites is 1. The summed E-state index contributed by atoms with van der Waals surface area (Å²) >= 11 is 0. The van der Waals surface area contributed by atoms with E-state index in [4.69, 9.17) is 9.15 Å². The highest BCUT2D eigenvalue weighted by atomic mass is 19.1. The van der Waals surface area contributed by atoms with Crippen LogP contribution in [0.2, 0.25) is 0 Å². The maximum Gasteiger partial charge on any atom is 0.257 e. The molecule has 1 heterocycles. The van der Waals surface area contributed by atoms with Crippen molar-refractivity contribution in [3.05, 3.63) is 54.2 Å². The Kier molecular flexibility index (Phi) is 4.55. The van der Waals surface area contributed by atoms with Crippen LogP contribution in [0.1, 0.15) is 5.76 Å². The lowest BCUT2D eigenvalue weighted by molar-refractivity contribution is -0.123. The minimum atomic E-state index is -0.481. The molecule has 0 spiro atoms. The van der Waals surface area contributed by atoms with Crippen LogP contribution in [-0.2, 0) is 11.2 Å². The van der Waals surface area contributed by atoms with Crippen LogP contribution in [0.15, 0.2) is 47.1 Å². The molecule has 0 aliphatic carbocycles. The molecule has 4 nitrogen and oxygen atoms in total. The molecule has 0 bridgehead atoms. The molecule has 1 amide bonds. The molecule has 0 saturated carbocycles. The highest BCUT2D eigenvalue weighted by Crippen LogP contribution is 2.14. The van der Waals surface area contributed by atoms with Crippen LogP contribution in [0.25, 0.3) is 0 Å². The molecule has 2 rings (SSSR count). The molecule has 5 heteroatoms.